The number of likely N-dealkylation sites (tertiary alicyclic amines) is 1. The number of rotatable bonds is 2. The van der Waals surface area contributed by atoms with Crippen LogP contribution >= 0.6 is 11.7 Å². The molecule has 1 saturated heterocycles. The van der Waals surface area contributed by atoms with Gasteiger partial charge in [-0.1, -0.05) is 0 Å². The van der Waals surface area contributed by atoms with E-state index < -0.39 is 0 Å². The standard InChI is InChI=1S/C10H13N3O3S/c1-16-10(15)7-2-4-13(5-3-7)9(14)8-6-11-17-12-8/h6-7H,2-5H2,1H3. The van der Waals surface area contributed by atoms with Crippen molar-refractivity contribution >= 4 is 23.6 Å². The molecule has 0 unspecified atom stereocenters. The molecule has 1 amide bonds. The molecule has 17 heavy (non-hydrogen) atoms. The van der Waals surface area contributed by atoms with Crippen LogP contribution in [0.4, 0.5) is 0 Å². The fourth-order valence-electron chi connectivity index (χ4n) is 1.91. The van der Waals surface area contributed by atoms with Crippen molar-refractivity contribution in [3.05, 3.63) is 11.9 Å². The van der Waals surface area contributed by atoms with Gasteiger partial charge in [-0.05, 0) is 12.8 Å². The van der Waals surface area contributed by atoms with Gasteiger partial charge in [-0.2, -0.15) is 8.75 Å². The number of ether oxygens (including phenoxy) is 1. The molecule has 0 aliphatic carbocycles. The van der Waals surface area contributed by atoms with E-state index in [9.17, 15) is 9.59 Å². The third-order valence-corrected chi connectivity index (χ3v) is 3.38. The van der Waals surface area contributed by atoms with E-state index in [1.807, 2.05) is 0 Å². The molecule has 92 valence electrons. The molecule has 0 radical (unpaired) electrons. The minimum atomic E-state index is -0.188. The maximum atomic E-state index is 11.9. The molecular formula is C10H13N3O3S. The zero-order chi connectivity index (χ0) is 12.3. The number of nitrogens with zero attached hydrogens (tertiary/aromatic N) is 3. The molecule has 1 aliphatic heterocycles. The summed E-state index contributed by atoms with van der Waals surface area (Å²) in [5.74, 6) is -0.382. The second-order valence-corrected chi connectivity index (χ2v) is 4.44. The molecule has 0 saturated carbocycles. The van der Waals surface area contributed by atoms with Gasteiger partial charge in [-0.15, -0.1) is 0 Å². The van der Waals surface area contributed by atoms with E-state index >= 15 is 0 Å². The van der Waals surface area contributed by atoms with E-state index in [1.165, 1.54) is 13.3 Å². The Bertz CT molecular complexity index is 399. The third-order valence-electron chi connectivity index (χ3n) is 2.90. The lowest BCUT2D eigenvalue weighted by Crippen LogP contribution is -2.40. The van der Waals surface area contributed by atoms with Gasteiger partial charge in [0.1, 0.15) is 0 Å². The van der Waals surface area contributed by atoms with Crippen molar-refractivity contribution in [3.63, 3.8) is 0 Å². The fourth-order valence-corrected chi connectivity index (χ4v) is 2.31. The smallest absolute Gasteiger partial charge is 0.308 e. The van der Waals surface area contributed by atoms with E-state index in [4.69, 9.17) is 4.74 Å². The van der Waals surface area contributed by atoms with Crippen molar-refractivity contribution in [1.82, 2.24) is 13.6 Å². The van der Waals surface area contributed by atoms with E-state index in [1.54, 1.807) is 4.90 Å². The van der Waals surface area contributed by atoms with Crippen LogP contribution in [-0.4, -0.2) is 45.7 Å². The van der Waals surface area contributed by atoms with Gasteiger partial charge in [0, 0.05) is 13.1 Å². The second kappa shape index (κ2) is 5.22. The van der Waals surface area contributed by atoms with Gasteiger partial charge in [-0.3, -0.25) is 9.59 Å². The van der Waals surface area contributed by atoms with Crippen molar-refractivity contribution in [2.45, 2.75) is 12.8 Å². The average molecular weight is 255 g/mol. The first-order valence-corrected chi connectivity index (χ1v) is 6.10. The van der Waals surface area contributed by atoms with Gasteiger partial charge in [0.05, 0.1) is 31.0 Å². The summed E-state index contributed by atoms with van der Waals surface area (Å²) in [7, 11) is 1.39. The highest BCUT2D eigenvalue weighted by atomic mass is 32.1. The second-order valence-electron chi connectivity index (χ2n) is 3.88. The van der Waals surface area contributed by atoms with Crippen LogP contribution in [0, 0.1) is 5.92 Å². The van der Waals surface area contributed by atoms with Crippen LogP contribution < -0.4 is 0 Å². The van der Waals surface area contributed by atoms with Gasteiger partial charge >= 0.3 is 5.97 Å². The van der Waals surface area contributed by atoms with Crippen molar-refractivity contribution in [1.29, 1.82) is 0 Å². The van der Waals surface area contributed by atoms with Crippen LogP contribution in [0.15, 0.2) is 6.20 Å². The molecule has 1 fully saturated rings. The van der Waals surface area contributed by atoms with Crippen LogP contribution in [0.1, 0.15) is 23.3 Å². The number of hydrogen-bond donors (Lipinski definition) is 0. The molecule has 1 aromatic heterocycles. The Kier molecular flexibility index (Phi) is 3.68. The van der Waals surface area contributed by atoms with E-state index in [2.05, 4.69) is 8.75 Å². The number of piperidine rings is 1. The number of methoxy groups -OCH3 is 1. The predicted molar refractivity (Wildman–Crippen MR) is 60.6 cm³/mol. The molecule has 0 aromatic carbocycles. The highest BCUT2D eigenvalue weighted by Crippen LogP contribution is 2.19. The number of carbonyl (C=O) groups excluding carboxylic acids is 2. The highest BCUT2D eigenvalue weighted by Gasteiger charge is 2.28. The quantitative estimate of drug-likeness (QED) is 0.722. The molecule has 0 bridgehead atoms. The van der Waals surface area contributed by atoms with Crippen molar-refractivity contribution < 1.29 is 14.3 Å². The molecule has 1 aliphatic rings. The van der Waals surface area contributed by atoms with E-state index in [-0.39, 0.29) is 17.8 Å². The molecule has 6 nitrogen and oxygen atoms in total. The summed E-state index contributed by atoms with van der Waals surface area (Å²) < 4.78 is 12.4. The summed E-state index contributed by atoms with van der Waals surface area (Å²) in [5, 5.41) is 0. The van der Waals surface area contributed by atoms with Gasteiger partial charge in [0.15, 0.2) is 5.69 Å². The van der Waals surface area contributed by atoms with Crippen LogP contribution in [0.3, 0.4) is 0 Å². The van der Waals surface area contributed by atoms with Gasteiger partial charge in [0.25, 0.3) is 5.91 Å². The molecule has 1 aromatic rings. The normalized spacial score (nSPS) is 16.9. The van der Waals surface area contributed by atoms with Crippen LogP contribution in [-0.2, 0) is 9.53 Å². The summed E-state index contributed by atoms with van der Waals surface area (Å²) >= 11 is 1.02. The SMILES string of the molecule is COC(=O)C1CCN(C(=O)c2cnsn2)CC1. The lowest BCUT2D eigenvalue weighted by Gasteiger charge is -2.30. The van der Waals surface area contributed by atoms with Crippen LogP contribution in [0.2, 0.25) is 0 Å². The molecule has 0 spiro atoms. The Morgan fingerprint density at radius 3 is 2.71 bits per heavy atom. The first kappa shape index (κ1) is 12.0. The lowest BCUT2D eigenvalue weighted by molar-refractivity contribution is -0.146. The number of carbonyl (C=O) groups is 2. The molecule has 7 heteroatoms. The van der Waals surface area contributed by atoms with Crippen LogP contribution in [0.25, 0.3) is 0 Å². The summed E-state index contributed by atoms with van der Waals surface area (Å²) in [5.41, 5.74) is 0.381. The Labute approximate surface area is 103 Å². The number of hydrogen-bond acceptors (Lipinski definition) is 6. The molecule has 2 rings (SSSR count). The van der Waals surface area contributed by atoms with Crippen molar-refractivity contribution in [2.75, 3.05) is 20.2 Å². The van der Waals surface area contributed by atoms with Crippen molar-refractivity contribution in [2.24, 2.45) is 5.92 Å². The Hall–Kier alpha value is -1.50. The average Bonchev–Trinajstić information content (AvgIpc) is 2.91. The van der Waals surface area contributed by atoms with E-state index in [0.29, 0.717) is 31.6 Å². The zero-order valence-corrected chi connectivity index (χ0v) is 10.3. The largest absolute Gasteiger partial charge is 0.469 e. The highest BCUT2D eigenvalue weighted by molar-refractivity contribution is 6.99. The Balaban J connectivity index is 1.91. The molecular weight excluding hydrogens is 242 g/mol. The molecule has 0 atom stereocenters. The minimum Gasteiger partial charge on any atom is -0.469 e. The topological polar surface area (TPSA) is 72.4 Å². The first-order valence-electron chi connectivity index (χ1n) is 5.37. The Morgan fingerprint density at radius 1 is 1.47 bits per heavy atom. The Morgan fingerprint density at radius 2 is 2.18 bits per heavy atom. The van der Waals surface area contributed by atoms with Gasteiger partial charge in [-0.25, -0.2) is 0 Å². The zero-order valence-electron chi connectivity index (χ0n) is 9.46. The number of amides is 1. The van der Waals surface area contributed by atoms with Gasteiger partial charge < -0.3 is 9.64 Å². The summed E-state index contributed by atoms with van der Waals surface area (Å²) in [6.45, 7) is 1.13. The third kappa shape index (κ3) is 2.60. The maximum absolute atomic E-state index is 11.9. The molecule has 0 N–H and O–H groups in total. The summed E-state index contributed by atoms with van der Waals surface area (Å²) in [6.07, 6.45) is 2.77. The molecule has 2 heterocycles. The summed E-state index contributed by atoms with van der Waals surface area (Å²) in [4.78, 5) is 25.0. The van der Waals surface area contributed by atoms with E-state index in [0.717, 1.165) is 11.7 Å². The van der Waals surface area contributed by atoms with Gasteiger partial charge in [0.2, 0.25) is 0 Å². The monoisotopic (exact) mass is 255 g/mol. The minimum absolute atomic E-state index is 0.0855. The maximum Gasteiger partial charge on any atom is 0.308 e. The summed E-state index contributed by atoms with van der Waals surface area (Å²) in [6, 6.07) is 0. The number of esters is 1. The predicted octanol–water partition coefficient (Wildman–Crippen LogP) is 0.563. The van der Waals surface area contributed by atoms with Crippen LogP contribution in [0.5, 0.6) is 0 Å². The first-order chi connectivity index (χ1) is 8.22. The fraction of sp³-hybridized carbons (Fsp3) is 0.600. The number of aromatic nitrogens is 2. The van der Waals surface area contributed by atoms with Crippen molar-refractivity contribution in [3.8, 4) is 0 Å². The lowest BCUT2D eigenvalue weighted by atomic mass is 9.97.